The van der Waals surface area contributed by atoms with Crippen molar-refractivity contribution in [2.45, 2.75) is 36.0 Å². The molecule has 6 heteroatoms. The van der Waals surface area contributed by atoms with E-state index in [1.807, 2.05) is 42.2 Å². The van der Waals surface area contributed by atoms with Crippen LogP contribution in [0.3, 0.4) is 0 Å². The summed E-state index contributed by atoms with van der Waals surface area (Å²) in [6.45, 7) is 3.42. The van der Waals surface area contributed by atoms with Crippen LogP contribution in [-0.2, 0) is 4.79 Å². The third kappa shape index (κ3) is 5.47. The van der Waals surface area contributed by atoms with E-state index in [0.717, 1.165) is 24.9 Å². The summed E-state index contributed by atoms with van der Waals surface area (Å²) in [5.74, 6) is 0.0655. The van der Waals surface area contributed by atoms with Gasteiger partial charge in [0, 0.05) is 24.0 Å². The molecule has 2 aromatic rings. The largest absolute Gasteiger partial charge is 0.341 e. The quantitative estimate of drug-likeness (QED) is 0.731. The highest BCUT2D eigenvalue weighted by molar-refractivity contribution is 8.00. The summed E-state index contributed by atoms with van der Waals surface area (Å²) < 4.78 is 14.2. The molecule has 3 atom stereocenters. The highest BCUT2D eigenvalue weighted by Gasteiger charge is 2.32. The molecule has 2 aromatic carbocycles. The number of halogens is 2. The van der Waals surface area contributed by atoms with Gasteiger partial charge in [0.25, 0.3) is 0 Å². The number of thioether (sulfide) groups is 1. The molecule has 1 saturated heterocycles. The van der Waals surface area contributed by atoms with Gasteiger partial charge < -0.3 is 10.6 Å². The highest BCUT2D eigenvalue weighted by Crippen LogP contribution is 2.38. The summed E-state index contributed by atoms with van der Waals surface area (Å²) in [6.07, 6.45) is 2.02. The molecule has 1 aliphatic heterocycles. The van der Waals surface area contributed by atoms with Crippen molar-refractivity contribution in [2.24, 2.45) is 11.7 Å². The molecular weight excluding hydrogens is 383 g/mol. The number of nitrogens with two attached hydrogens (primary N) is 1. The minimum atomic E-state index is -0.458. The average Bonchev–Trinajstić information content (AvgIpc) is 2.67. The fourth-order valence-corrected chi connectivity index (χ4v) is 4.50. The second-order valence-corrected chi connectivity index (χ2v) is 8.03. The van der Waals surface area contributed by atoms with E-state index in [2.05, 4.69) is 0 Å². The Morgan fingerprint density at radius 1 is 1.19 bits per heavy atom. The van der Waals surface area contributed by atoms with Gasteiger partial charge >= 0.3 is 0 Å². The van der Waals surface area contributed by atoms with Crippen LogP contribution in [-0.4, -0.2) is 29.9 Å². The lowest BCUT2D eigenvalue weighted by Crippen LogP contribution is -2.46. The minimum absolute atomic E-state index is 0. The van der Waals surface area contributed by atoms with Crippen LogP contribution in [0.1, 0.15) is 30.6 Å². The summed E-state index contributed by atoms with van der Waals surface area (Å²) in [7, 11) is 0. The average molecular weight is 409 g/mol. The zero-order chi connectivity index (χ0) is 18.5. The summed E-state index contributed by atoms with van der Waals surface area (Å²) in [4.78, 5) is 15.7. The van der Waals surface area contributed by atoms with Crippen LogP contribution in [0, 0.1) is 11.7 Å². The van der Waals surface area contributed by atoms with Crippen LogP contribution in [0.5, 0.6) is 0 Å². The Labute approximate surface area is 170 Å². The van der Waals surface area contributed by atoms with E-state index in [-0.39, 0.29) is 30.2 Å². The molecular formula is C21H26ClFN2OS. The molecule has 27 heavy (non-hydrogen) atoms. The molecule has 1 heterocycles. The van der Waals surface area contributed by atoms with Gasteiger partial charge in [0.15, 0.2) is 0 Å². The molecule has 0 aliphatic carbocycles. The van der Waals surface area contributed by atoms with Crippen molar-refractivity contribution >= 4 is 30.1 Å². The van der Waals surface area contributed by atoms with E-state index >= 15 is 0 Å². The molecule has 3 rings (SSSR count). The number of hydrogen-bond donors (Lipinski definition) is 1. The van der Waals surface area contributed by atoms with E-state index < -0.39 is 5.25 Å². The first kappa shape index (κ1) is 21.7. The molecule has 1 aliphatic rings. The number of benzene rings is 2. The number of piperidine rings is 1. The van der Waals surface area contributed by atoms with Crippen molar-refractivity contribution in [3.63, 3.8) is 0 Å². The topological polar surface area (TPSA) is 46.3 Å². The molecule has 2 N–H and O–H groups in total. The lowest BCUT2D eigenvalue weighted by atomic mass is 9.92. The maximum atomic E-state index is 14.2. The van der Waals surface area contributed by atoms with E-state index in [4.69, 9.17) is 5.73 Å². The van der Waals surface area contributed by atoms with Crippen LogP contribution >= 0.6 is 24.2 Å². The second-order valence-electron chi connectivity index (χ2n) is 6.88. The van der Waals surface area contributed by atoms with Crippen LogP contribution < -0.4 is 5.73 Å². The maximum absolute atomic E-state index is 14.2. The SMILES string of the molecule is CC(N)C1CCCN(C(=O)C(Sc2ccccc2F)c2ccccc2)C1.Cl. The number of nitrogens with zero attached hydrogens (tertiary/aromatic N) is 1. The standard InChI is InChI=1S/C21H25FN2OS.ClH/c1-15(23)17-10-7-13-24(14-17)21(25)20(16-8-3-2-4-9-16)26-19-12-6-5-11-18(19)22;/h2-6,8-9,11-12,15,17,20H,7,10,13-14,23H2,1H3;1H. The van der Waals surface area contributed by atoms with Gasteiger partial charge in [0.05, 0.1) is 0 Å². The van der Waals surface area contributed by atoms with Gasteiger partial charge in [0.2, 0.25) is 5.91 Å². The molecule has 0 saturated carbocycles. The maximum Gasteiger partial charge on any atom is 0.240 e. The Bertz CT molecular complexity index is 744. The van der Waals surface area contributed by atoms with Crippen LogP contribution in [0.15, 0.2) is 59.5 Å². The smallest absolute Gasteiger partial charge is 0.240 e. The number of likely N-dealkylation sites (tertiary alicyclic amines) is 1. The molecule has 3 nitrogen and oxygen atoms in total. The van der Waals surface area contributed by atoms with E-state index in [1.165, 1.54) is 17.8 Å². The third-order valence-electron chi connectivity index (χ3n) is 4.92. The first-order valence-electron chi connectivity index (χ1n) is 9.06. The molecule has 0 spiro atoms. The number of amides is 1. The van der Waals surface area contributed by atoms with Gasteiger partial charge in [0.1, 0.15) is 11.1 Å². The number of carbonyl (C=O) groups excluding carboxylic acids is 1. The molecule has 146 valence electrons. The normalized spacial score (nSPS) is 19.1. The van der Waals surface area contributed by atoms with Gasteiger partial charge in [-0.3, -0.25) is 4.79 Å². The van der Waals surface area contributed by atoms with Crippen LogP contribution in [0.25, 0.3) is 0 Å². The lowest BCUT2D eigenvalue weighted by Gasteiger charge is -2.36. The van der Waals surface area contributed by atoms with Gasteiger partial charge in [-0.15, -0.1) is 24.2 Å². The van der Waals surface area contributed by atoms with Crippen LogP contribution in [0.4, 0.5) is 4.39 Å². The van der Waals surface area contributed by atoms with E-state index in [1.54, 1.807) is 18.2 Å². The molecule has 3 unspecified atom stereocenters. The molecule has 1 amide bonds. The predicted octanol–water partition coefficient (Wildman–Crippen LogP) is 4.67. The van der Waals surface area contributed by atoms with Crippen molar-refractivity contribution < 1.29 is 9.18 Å². The summed E-state index contributed by atoms with van der Waals surface area (Å²) in [6, 6.07) is 16.3. The van der Waals surface area contributed by atoms with Crippen LogP contribution in [0.2, 0.25) is 0 Å². The summed E-state index contributed by atoms with van der Waals surface area (Å²) >= 11 is 1.28. The zero-order valence-corrected chi connectivity index (χ0v) is 17.0. The van der Waals surface area contributed by atoms with Crippen molar-refractivity contribution in [1.29, 1.82) is 0 Å². The molecule has 0 aromatic heterocycles. The van der Waals surface area contributed by atoms with Gasteiger partial charge in [-0.2, -0.15) is 0 Å². The lowest BCUT2D eigenvalue weighted by molar-refractivity contribution is -0.132. The minimum Gasteiger partial charge on any atom is -0.341 e. The zero-order valence-electron chi connectivity index (χ0n) is 15.4. The van der Waals surface area contributed by atoms with Gasteiger partial charge in [-0.1, -0.05) is 42.5 Å². The Morgan fingerprint density at radius 2 is 1.85 bits per heavy atom. The fourth-order valence-electron chi connectivity index (χ4n) is 3.36. The number of carbonyl (C=O) groups is 1. The fraction of sp³-hybridized carbons (Fsp3) is 0.381. The first-order valence-corrected chi connectivity index (χ1v) is 9.94. The monoisotopic (exact) mass is 408 g/mol. The number of rotatable bonds is 5. The molecule has 0 bridgehead atoms. The van der Waals surface area contributed by atoms with Gasteiger partial charge in [-0.25, -0.2) is 4.39 Å². The highest BCUT2D eigenvalue weighted by atomic mass is 35.5. The third-order valence-corrected chi connectivity index (χ3v) is 6.22. The Kier molecular flexibility index (Phi) is 8.14. The first-order chi connectivity index (χ1) is 12.6. The van der Waals surface area contributed by atoms with E-state index in [0.29, 0.717) is 17.4 Å². The Morgan fingerprint density at radius 3 is 2.52 bits per heavy atom. The van der Waals surface area contributed by atoms with Crippen molar-refractivity contribution in [3.05, 3.63) is 66.0 Å². The van der Waals surface area contributed by atoms with Gasteiger partial charge in [-0.05, 0) is 43.4 Å². The molecule has 1 fully saturated rings. The number of hydrogen-bond acceptors (Lipinski definition) is 3. The molecule has 0 radical (unpaired) electrons. The van der Waals surface area contributed by atoms with Crippen molar-refractivity contribution in [3.8, 4) is 0 Å². The van der Waals surface area contributed by atoms with E-state index in [9.17, 15) is 9.18 Å². The van der Waals surface area contributed by atoms with Crippen molar-refractivity contribution in [2.75, 3.05) is 13.1 Å². The summed E-state index contributed by atoms with van der Waals surface area (Å²) in [5, 5.41) is -0.458. The Balaban J connectivity index is 0.00000261. The second kappa shape index (κ2) is 10.1. The predicted molar refractivity (Wildman–Crippen MR) is 112 cm³/mol. The summed E-state index contributed by atoms with van der Waals surface area (Å²) in [5.41, 5.74) is 6.96. The Hall–Kier alpha value is -1.56. The van der Waals surface area contributed by atoms with Crippen molar-refractivity contribution in [1.82, 2.24) is 4.90 Å².